The SMILES string of the molecule is O.O=[S](=O)(O)[Al]1[CH2]CCC[CH2]1.[CaH2]. The van der Waals surface area contributed by atoms with Crippen molar-refractivity contribution in [2.75, 3.05) is 0 Å². The summed E-state index contributed by atoms with van der Waals surface area (Å²) in [5.74, 6) is 0. The van der Waals surface area contributed by atoms with E-state index in [4.69, 9.17) is 4.55 Å². The molecule has 0 atom stereocenters. The number of rotatable bonds is 1. The molecule has 0 aromatic carbocycles. The topological polar surface area (TPSA) is 85.9 Å². The zero-order valence-electron chi connectivity index (χ0n) is 6.28. The summed E-state index contributed by atoms with van der Waals surface area (Å²) in [4.78, 5) is 0. The maximum absolute atomic E-state index is 10.6. The Morgan fingerprint density at radius 3 is 1.75 bits per heavy atom. The van der Waals surface area contributed by atoms with Crippen molar-refractivity contribution in [3.05, 3.63) is 0 Å². The molecule has 70 valence electrons. The minimum absolute atomic E-state index is 0. The molecule has 1 aliphatic heterocycles. The van der Waals surface area contributed by atoms with E-state index in [0.717, 1.165) is 29.8 Å². The summed E-state index contributed by atoms with van der Waals surface area (Å²) >= 11 is -1.79. The molecule has 3 N–H and O–H groups in total. The molecule has 0 radical (unpaired) electrons. The summed E-state index contributed by atoms with van der Waals surface area (Å²) in [5.41, 5.74) is 0. The van der Waals surface area contributed by atoms with E-state index in [1.165, 1.54) is 0 Å². The van der Waals surface area contributed by atoms with Crippen molar-refractivity contribution in [2.45, 2.75) is 29.8 Å². The molecule has 0 aliphatic carbocycles. The molecule has 1 heterocycles. The van der Waals surface area contributed by atoms with Gasteiger partial charge in [0.25, 0.3) is 0 Å². The van der Waals surface area contributed by atoms with E-state index >= 15 is 0 Å². The van der Waals surface area contributed by atoms with Gasteiger partial charge in [-0.05, 0) is 0 Å². The Hall–Kier alpha value is 1.66. The molecule has 0 unspecified atom stereocenters. The van der Waals surface area contributed by atoms with E-state index in [0.29, 0.717) is 0 Å². The van der Waals surface area contributed by atoms with Gasteiger partial charge in [-0.2, -0.15) is 0 Å². The van der Waals surface area contributed by atoms with Crippen molar-refractivity contribution < 1.29 is 18.4 Å². The summed E-state index contributed by atoms with van der Waals surface area (Å²) in [6, 6.07) is 0. The van der Waals surface area contributed by atoms with Gasteiger partial charge in [0.15, 0.2) is 8.48 Å². The fourth-order valence-electron chi connectivity index (χ4n) is 1.36. The van der Waals surface area contributed by atoms with Crippen LogP contribution in [0.2, 0.25) is 10.6 Å². The van der Waals surface area contributed by atoms with Crippen LogP contribution in [0.15, 0.2) is 0 Å². The molecule has 0 amide bonds. The Balaban J connectivity index is 0. The van der Waals surface area contributed by atoms with Crippen molar-refractivity contribution >= 4 is 59.2 Å². The Kier molecular flexibility index (Phi) is 9.42. The molecule has 7 heteroatoms. The second-order valence-corrected chi connectivity index (χ2v) is 9.99. The second-order valence-electron chi connectivity index (χ2n) is 2.77. The van der Waals surface area contributed by atoms with Crippen molar-refractivity contribution in [1.29, 1.82) is 0 Å². The van der Waals surface area contributed by atoms with Crippen LogP contribution in [0.3, 0.4) is 0 Å². The Bertz CT molecular complexity index is 199. The van der Waals surface area contributed by atoms with Gasteiger partial charge in [-0.3, -0.25) is 0 Å². The predicted octanol–water partition coefficient (Wildman–Crippen LogP) is -0.691. The Morgan fingerprint density at radius 2 is 1.50 bits per heavy atom. The third-order valence-electron chi connectivity index (χ3n) is 1.97. The second kappa shape index (κ2) is 7.02. The Labute approximate surface area is 106 Å². The van der Waals surface area contributed by atoms with Crippen molar-refractivity contribution in [3.63, 3.8) is 0 Å². The average Bonchev–Trinajstić information content (AvgIpc) is 1.88. The molecule has 4 nitrogen and oxygen atoms in total. The molecular formula is C5H15AlCaO4S. The first kappa shape index (κ1) is 16.1. The van der Waals surface area contributed by atoms with E-state index in [2.05, 4.69) is 0 Å². The van der Waals surface area contributed by atoms with E-state index < -0.39 is 21.5 Å². The van der Waals surface area contributed by atoms with Gasteiger partial charge in [0.1, 0.15) is 0 Å². The van der Waals surface area contributed by atoms with Crippen LogP contribution in [-0.4, -0.2) is 69.2 Å². The van der Waals surface area contributed by atoms with Crippen LogP contribution in [0.1, 0.15) is 19.3 Å². The van der Waals surface area contributed by atoms with Crippen molar-refractivity contribution in [2.24, 2.45) is 0 Å². The van der Waals surface area contributed by atoms with Crippen LogP contribution in [0, 0.1) is 0 Å². The van der Waals surface area contributed by atoms with Crippen molar-refractivity contribution in [1.82, 2.24) is 0 Å². The summed E-state index contributed by atoms with van der Waals surface area (Å²) in [7, 11) is -3.59. The predicted molar refractivity (Wildman–Crippen MR) is 52.9 cm³/mol. The van der Waals surface area contributed by atoms with Gasteiger partial charge in [0.2, 0.25) is 0 Å². The van der Waals surface area contributed by atoms with E-state index in [1.807, 2.05) is 0 Å². The summed E-state index contributed by atoms with van der Waals surface area (Å²) in [6.07, 6.45) is 3.13. The monoisotopic (exact) mass is 238 g/mol. The van der Waals surface area contributed by atoms with Crippen LogP contribution in [0.25, 0.3) is 0 Å². The van der Waals surface area contributed by atoms with Crippen LogP contribution < -0.4 is 0 Å². The van der Waals surface area contributed by atoms with Crippen molar-refractivity contribution in [3.8, 4) is 0 Å². The average molecular weight is 238 g/mol. The zero-order valence-corrected chi connectivity index (χ0v) is 8.26. The first-order chi connectivity index (χ1) is 4.61. The van der Waals surface area contributed by atoms with Crippen LogP contribution >= 0.6 is 0 Å². The molecule has 1 rings (SSSR count). The quantitative estimate of drug-likeness (QED) is 0.484. The molecule has 0 bridgehead atoms. The van der Waals surface area contributed by atoms with Gasteiger partial charge in [0.05, 0.1) is 0 Å². The van der Waals surface area contributed by atoms with Gasteiger partial charge in [-0.1, -0.05) is 29.8 Å². The third kappa shape index (κ3) is 5.40. The molecule has 0 aromatic heterocycles. The molecule has 0 spiro atoms. The first-order valence-electron chi connectivity index (χ1n) is 3.57. The summed E-state index contributed by atoms with van der Waals surface area (Å²) in [5, 5.41) is 1.55. The van der Waals surface area contributed by atoms with E-state index in [-0.39, 0.29) is 43.2 Å². The fourth-order valence-corrected chi connectivity index (χ4v) is 6.52. The Morgan fingerprint density at radius 1 is 1.08 bits per heavy atom. The van der Waals surface area contributed by atoms with Gasteiger partial charge in [0, 0.05) is 0 Å². The molecule has 0 aromatic rings. The van der Waals surface area contributed by atoms with Gasteiger partial charge < -0.3 is 10.0 Å². The standard InChI is InChI=1S/C5H10.Al.Ca.HO3S.H2O.2H/c1-3-5-4-2;;;1-4(2)3;;;/h1-5H2;;;(H,1,2,3);1H2;;. The van der Waals surface area contributed by atoms with Crippen LogP contribution in [0.4, 0.5) is 0 Å². The number of hydrogen-bond donors (Lipinski definition) is 1. The fraction of sp³-hybridized carbons (Fsp3) is 1.00. The molecule has 0 saturated carbocycles. The normalized spacial score (nSPS) is 17.6. The molecule has 1 aliphatic rings. The summed E-state index contributed by atoms with van der Waals surface area (Å²) < 4.78 is 29.9. The van der Waals surface area contributed by atoms with Crippen LogP contribution in [0.5, 0.6) is 0 Å². The molecule has 1 saturated heterocycles. The zero-order chi connectivity index (χ0) is 7.61. The minimum atomic E-state index is -3.59. The van der Waals surface area contributed by atoms with Gasteiger partial charge >= 0.3 is 50.8 Å². The third-order valence-corrected chi connectivity index (χ3v) is 8.86. The van der Waals surface area contributed by atoms with E-state index in [1.54, 1.807) is 0 Å². The maximum atomic E-state index is 10.6. The van der Waals surface area contributed by atoms with Gasteiger partial charge in [-0.15, -0.1) is 0 Å². The summed E-state index contributed by atoms with van der Waals surface area (Å²) in [6.45, 7) is 0. The van der Waals surface area contributed by atoms with E-state index in [9.17, 15) is 8.42 Å². The number of hydrogen-bond acceptors (Lipinski definition) is 2. The molecule has 1 fully saturated rings. The molecular weight excluding hydrogens is 223 g/mol. The first-order valence-corrected chi connectivity index (χ1v) is 8.12. The molecule has 12 heavy (non-hydrogen) atoms. The van der Waals surface area contributed by atoms with Crippen LogP contribution in [-0.2, 0) is 8.48 Å². The van der Waals surface area contributed by atoms with Gasteiger partial charge in [-0.25, -0.2) is 8.42 Å².